The van der Waals surface area contributed by atoms with Gasteiger partial charge in [-0.1, -0.05) is 26.3 Å². The largest absolute Gasteiger partial charge is 0.481 e. The summed E-state index contributed by atoms with van der Waals surface area (Å²) in [6.45, 7) is 4.36. The highest BCUT2D eigenvalue weighted by Crippen LogP contribution is 2.14. The number of nitrogens with two attached hydrogens (primary N) is 1. The fourth-order valence-electron chi connectivity index (χ4n) is 1.62. The summed E-state index contributed by atoms with van der Waals surface area (Å²) in [6, 6.07) is 4.19. The van der Waals surface area contributed by atoms with Gasteiger partial charge in [-0.25, -0.2) is 4.98 Å². The van der Waals surface area contributed by atoms with Crippen LogP contribution in [0, 0.1) is 5.92 Å². The fourth-order valence-corrected chi connectivity index (χ4v) is 1.62. The Kier molecular flexibility index (Phi) is 5.22. The molecule has 4 heteroatoms. The summed E-state index contributed by atoms with van der Waals surface area (Å²) in [5.74, 6) is 6.75. The zero-order valence-electron chi connectivity index (χ0n) is 10.2. The van der Waals surface area contributed by atoms with Gasteiger partial charge in [0.25, 0.3) is 0 Å². The smallest absolute Gasteiger partial charge is 0.212 e. The maximum absolute atomic E-state index is 5.56. The molecule has 4 nitrogen and oxygen atoms in total. The average molecular weight is 223 g/mol. The molecule has 3 N–H and O–H groups in total. The molecule has 0 bridgehead atoms. The number of nitrogens with one attached hydrogen (secondary N) is 1. The van der Waals surface area contributed by atoms with Crippen molar-refractivity contribution in [3.05, 3.63) is 23.9 Å². The second-order valence-electron chi connectivity index (χ2n) is 4.07. The average Bonchev–Trinajstić information content (AvgIpc) is 2.35. The number of ether oxygens (including phenoxy) is 1. The SMILES string of the molecule is CCC(C)C(Cc1ccc(OC)nc1)NN. The molecule has 0 amide bonds. The van der Waals surface area contributed by atoms with Gasteiger partial charge in [0.15, 0.2) is 0 Å². The predicted molar refractivity (Wildman–Crippen MR) is 65.1 cm³/mol. The molecule has 16 heavy (non-hydrogen) atoms. The van der Waals surface area contributed by atoms with E-state index in [1.165, 1.54) is 5.56 Å². The molecule has 1 aromatic rings. The van der Waals surface area contributed by atoms with Crippen molar-refractivity contribution in [3.8, 4) is 5.88 Å². The monoisotopic (exact) mass is 223 g/mol. The molecule has 0 aliphatic carbocycles. The third-order valence-corrected chi connectivity index (χ3v) is 3.01. The standard InChI is InChI=1S/C12H21N3O/c1-4-9(2)11(15-13)7-10-5-6-12(16-3)14-8-10/h5-6,8-9,11,15H,4,7,13H2,1-3H3. The van der Waals surface area contributed by atoms with E-state index >= 15 is 0 Å². The first-order chi connectivity index (χ1) is 7.71. The molecule has 0 aromatic carbocycles. The van der Waals surface area contributed by atoms with Crippen LogP contribution >= 0.6 is 0 Å². The van der Waals surface area contributed by atoms with E-state index in [4.69, 9.17) is 10.6 Å². The van der Waals surface area contributed by atoms with Crippen molar-refractivity contribution in [2.45, 2.75) is 32.7 Å². The third kappa shape index (κ3) is 3.47. The number of nitrogens with zero attached hydrogens (tertiary/aromatic N) is 1. The molecule has 0 radical (unpaired) electrons. The van der Waals surface area contributed by atoms with Crippen molar-refractivity contribution >= 4 is 0 Å². The second kappa shape index (κ2) is 6.45. The maximum Gasteiger partial charge on any atom is 0.212 e. The normalized spacial score (nSPS) is 14.5. The van der Waals surface area contributed by atoms with E-state index in [2.05, 4.69) is 24.3 Å². The van der Waals surface area contributed by atoms with Crippen molar-refractivity contribution < 1.29 is 4.74 Å². The predicted octanol–water partition coefficient (Wildman–Crippen LogP) is 1.51. The molecule has 0 aliphatic heterocycles. The molecule has 0 saturated carbocycles. The van der Waals surface area contributed by atoms with Crippen LogP contribution in [-0.4, -0.2) is 18.1 Å². The molecule has 90 valence electrons. The van der Waals surface area contributed by atoms with Gasteiger partial charge in [-0.2, -0.15) is 0 Å². The van der Waals surface area contributed by atoms with Crippen LogP contribution in [0.1, 0.15) is 25.8 Å². The van der Waals surface area contributed by atoms with Gasteiger partial charge in [-0.05, 0) is 17.9 Å². The molecule has 1 aromatic heterocycles. The van der Waals surface area contributed by atoms with E-state index in [0.29, 0.717) is 17.8 Å². The number of hydrazine groups is 1. The second-order valence-corrected chi connectivity index (χ2v) is 4.07. The summed E-state index contributed by atoms with van der Waals surface area (Å²) < 4.78 is 5.02. The molecule has 0 aliphatic rings. The number of hydrogen-bond acceptors (Lipinski definition) is 4. The molecular formula is C12H21N3O. The summed E-state index contributed by atoms with van der Waals surface area (Å²) in [6.07, 6.45) is 3.84. The van der Waals surface area contributed by atoms with Crippen LogP contribution in [0.25, 0.3) is 0 Å². The molecule has 0 fully saturated rings. The van der Waals surface area contributed by atoms with Crippen LogP contribution in [0.2, 0.25) is 0 Å². The number of aromatic nitrogens is 1. The molecule has 0 saturated heterocycles. The molecule has 2 unspecified atom stereocenters. The molecular weight excluding hydrogens is 202 g/mol. The van der Waals surface area contributed by atoms with Gasteiger partial charge in [0.1, 0.15) is 0 Å². The first-order valence-corrected chi connectivity index (χ1v) is 5.66. The minimum atomic E-state index is 0.292. The Morgan fingerprint density at radius 1 is 1.50 bits per heavy atom. The molecule has 1 heterocycles. The van der Waals surface area contributed by atoms with Crippen LogP contribution in [0.3, 0.4) is 0 Å². The Morgan fingerprint density at radius 2 is 2.25 bits per heavy atom. The van der Waals surface area contributed by atoms with Crippen molar-refractivity contribution in [1.29, 1.82) is 0 Å². The minimum Gasteiger partial charge on any atom is -0.481 e. The number of hydrogen-bond donors (Lipinski definition) is 2. The molecule has 1 rings (SSSR count). The summed E-state index contributed by atoms with van der Waals surface area (Å²) in [7, 11) is 1.62. The van der Waals surface area contributed by atoms with Crippen LogP contribution < -0.4 is 16.0 Å². The quantitative estimate of drug-likeness (QED) is 0.567. The summed E-state index contributed by atoms with van der Waals surface area (Å²) >= 11 is 0. The lowest BCUT2D eigenvalue weighted by Gasteiger charge is -2.21. The zero-order valence-corrected chi connectivity index (χ0v) is 10.2. The maximum atomic E-state index is 5.56. The van der Waals surface area contributed by atoms with Gasteiger partial charge in [0.05, 0.1) is 7.11 Å². The van der Waals surface area contributed by atoms with Gasteiger partial charge in [0, 0.05) is 18.3 Å². The van der Waals surface area contributed by atoms with E-state index in [1.807, 2.05) is 18.3 Å². The minimum absolute atomic E-state index is 0.292. The van der Waals surface area contributed by atoms with Gasteiger partial charge in [0.2, 0.25) is 5.88 Å². The fraction of sp³-hybridized carbons (Fsp3) is 0.583. The van der Waals surface area contributed by atoms with E-state index in [-0.39, 0.29) is 0 Å². The van der Waals surface area contributed by atoms with Crippen molar-refractivity contribution in [2.24, 2.45) is 11.8 Å². The van der Waals surface area contributed by atoms with Crippen LogP contribution in [0.5, 0.6) is 5.88 Å². The lowest BCUT2D eigenvalue weighted by Crippen LogP contribution is -2.41. The van der Waals surface area contributed by atoms with Gasteiger partial charge in [-0.3, -0.25) is 11.3 Å². The third-order valence-electron chi connectivity index (χ3n) is 3.01. The van der Waals surface area contributed by atoms with Crippen molar-refractivity contribution in [1.82, 2.24) is 10.4 Å². The highest BCUT2D eigenvalue weighted by Gasteiger charge is 2.14. The van der Waals surface area contributed by atoms with Gasteiger partial charge in [-0.15, -0.1) is 0 Å². The number of pyridine rings is 1. The highest BCUT2D eigenvalue weighted by atomic mass is 16.5. The molecule has 2 atom stereocenters. The highest BCUT2D eigenvalue weighted by molar-refractivity contribution is 5.18. The first kappa shape index (κ1) is 12.9. The van der Waals surface area contributed by atoms with Gasteiger partial charge >= 0.3 is 0 Å². The Balaban J connectivity index is 2.63. The topological polar surface area (TPSA) is 60.2 Å². The summed E-state index contributed by atoms with van der Waals surface area (Å²) in [4.78, 5) is 4.18. The number of rotatable bonds is 6. The van der Waals surface area contributed by atoms with Crippen LogP contribution in [0.15, 0.2) is 18.3 Å². The summed E-state index contributed by atoms with van der Waals surface area (Å²) in [5, 5.41) is 0. The van der Waals surface area contributed by atoms with Gasteiger partial charge < -0.3 is 4.74 Å². The summed E-state index contributed by atoms with van der Waals surface area (Å²) in [5.41, 5.74) is 4.04. The zero-order chi connectivity index (χ0) is 12.0. The number of methoxy groups -OCH3 is 1. The van der Waals surface area contributed by atoms with Crippen LogP contribution in [-0.2, 0) is 6.42 Å². The van der Waals surface area contributed by atoms with E-state index in [9.17, 15) is 0 Å². The Morgan fingerprint density at radius 3 is 2.69 bits per heavy atom. The first-order valence-electron chi connectivity index (χ1n) is 5.66. The lowest BCUT2D eigenvalue weighted by atomic mass is 9.94. The Bertz CT molecular complexity index is 300. The van der Waals surface area contributed by atoms with E-state index in [0.717, 1.165) is 12.8 Å². The molecule has 0 spiro atoms. The van der Waals surface area contributed by atoms with Crippen LogP contribution in [0.4, 0.5) is 0 Å². The van der Waals surface area contributed by atoms with Crippen molar-refractivity contribution in [3.63, 3.8) is 0 Å². The Hall–Kier alpha value is -1.13. The Labute approximate surface area is 97.2 Å². The van der Waals surface area contributed by atoms with E-state index in [1.54, 1.807) is 7.11 Å². The lowest BCUT2D eigenvalue weighted by molar-refractivity contribution is 0.368. The van der Waals surface area contributed by atoms with E-state index < -0.39 is 0 Å². The van der Waals surface area contributed by atoms with Crippen molar-refractivity contribution in [2.75, 3.05) is 7.11 Å².